The summed E-state index contributed by atoms with van der Waals surface area (Å²) in [6.07, 6.45) is 2.30. The van der Waals surface area contributed by atoms with Gasteiger partial charge in [-0.25, -0.2) is 4.98 Å². The van der Waals surface area contributed by atoms with E-state index >= 15 is 0 Å². The molecule has 0 aromatic carbocycles. The van der Waals surface area contributed by atoms with E-state index < -0.39 is 5.60 Å². The molecular formula is C12H17N3O. The zero-order chi connectivity index (χ0) is 12.2. The molecule has 0 radical (unpaired) electrons. The number of aliphatic hydroxyl groups is 1. The van der Waals surface area contributed by atoms with Crippen LogP contribution in [0.5, 0.6) is 0 Å². The van der Waals surface area contributed by atoms with Gasteiger partial charge in [-0.05, 0) is 31.9 Å². The Hall–Kier alpha value is -1.60. The molecule has 0 aliphatic carbocycles. The maximum absolute atomic E-state index is 9.84. The summed E-state index contributed by atoms with van der Waals surface area (Å²) in [6, 6.07) is 3.90. The largest absolute Gasteiger partial charge is 0.388 e. The molecule has 4 nitrogen and oxygen atoms in total. The van der Waals surface area contributed by atoms with Crippen LogP contribution in [0.15, 0.2) is 12.3 Å². The molecule has 0 bridgehead atoms. The molecule has 1 atom stereocenters. The first-order valence-electron chi connectivity index (χ1n) is 5.32. The molecule has 1 aromatic rings. The normalized spacial score (nSPS) is 13.9. The van der Waals surface area contributed by atoms with Crippen LogP contribution in [-0.4, -0.2) is 22.2 Å². The molecule has 0 saturated heterocycles. The highest BCUT2D eigenvalue weighted by Crippen LogP contribution is 2.17. The fourth-order valence-electron chi connectivity index (χ4n) is 1.23. The number of nitrogens with one attached hydrogen (secondary N) is 1. The monoisotopic (exact) mass is 219 g/mol. The van der Waals surface area contributed by atoms with Crippen LogP contribution in [0.4, 0.5) is 5.82 Å². The van der Waals surface area contributed by atoms with Crippen LogP contribution < -0.4 is 5.32 Å². The number of hydrogen-bond donors (Lipinski definition) is 2. The van der Waals surface area contributed by atoms with Crippen LogP contribution in [0.25, 0.3) is 0 Å². The van der Waals surface area contributed by atoms with Gasteiger partial charge < -0.3 is 10.4 Å². The van der Waals surface area contributed by atoms with Crippen LogP contribution in [0.1, 0.15) is 31.4 Å². The average molecular weight is 219 g/mol. The predicted molar refractivity (Wildman–Crippen MR) is 63.1 cm³/mol. The van der Waals surface area contributed by atoms with Crippen molar-refractivity contribution in [3.05, 3.63) is 23.4 Å². The standard InChI is InChI=1S/C12H17N3O/c1-4-12(3,16)8-15-11-10(7-13)9(2)5-6-14-11/h5-6,16H,4,8H2,1-3H3,(H,14,15). The van der Waals surface area contributed by atoms with E-state index in [1.54, 1.807) is 19.2 Å². The first-order chi connectivity index (χ1) is 7.50. The minimum absolute atomic E-state index is 0.384. The summed E-state index contributed by atoms with van der Waals surface area (Å²) in [7, 11) is 0. The third kappa shape index (κ3) is 2.94. The molecule has 1 rings (SSSR count). The molecule has 1 aromatic heterocycles. The van der Waals surface area contributed by atoms with Crippen molar-refractivity contribution >= 4 is 5.82 Å². The van der Waals surface area contributed by atoms with Crippen molar-refractivity contribution in [3.8, 4) is 6.07 Å². The second kappa shape index (κ2) is 4.95. The number of pyridine rings is 1. The van der Waals surface area contributed by atoms with E-state index in [-0.39, 0.29) is 0 Å². The van der Waals surface area contributed by atoms with Crippen molar-refractivity contribution in [2.45, 2.75) is 32.8 Å². The summed E-state index contributed by atoms with van der Waals surface area (Å²) in [6.45, 7) is 5.91. The first-order valence-corrected chi connectivity index (χ1v) is 5.32. The quantitative estimate of drug-likeness (QED) is 0.810. The number of aromatic nitrogens is 1. The van der Waals surface area contributed by atoms with Gasteiger partial charge in [0.15, 0.2) is 0 Å². The fraction of sp³-hybridized carbons (Fsp3) is 0.500. The van der Waals surface area contributed by atoms with E-state index in [1.807, 2.05) is 13.8 Å². The Labute approximate surface area is 95.9 Å². The lowest BCUT2D eigenvalue weighted by molar-refractivity contribution is 0.0696. The predicted octanol–water partition coefficient (Wildman–Crippen LogP) is 1.83. The zero-order valence-electron chi connectivity index (χ0n) is 9.91. The van der Waals surface area contributed by atoms with Crippen LogP contribution in [0.2, 0.25) is 0 Å². The van der Waals surface area contributed by atoms with E-state index in [9.17, 15) is 5.11 Å². The highest BCUT2D eigenvalue weighted by atomic mass is 16.3. The number of hydrogen-bond acceptors (Lipinski definition) is 4. The molecule has 2 N–H and O–H groups in total. The van der Waals surface area contributed by atoms with Crippen molar-refractivity contribution in [3.63, 3.8) is 0 Å². The van der Waals surface area contributed by atoms with Gasteiger partial charge in [0, 0.05) is 12.7 Å². The van der Waals surface area contributed by atoms with E-state index in [4.69, 9.17) is 5.26 Å². The molecule has 1 heterocycles. The topological polar surface area (TPSA) is 68.9 Å². The zero-order valence-corrected chi connectivity index (χ0v) is 9.91. The molecule has 4 heteroatoms. The number of nitriles is 1. The minimum Gasteiger partial charge on any atom is -0.388 e. The lowest BCUT2D eigenvalue weighted by Crippen LogP contribution is -2.32. The number of anilines is 1. The summed E-state index contributed by atoms with van der Waals surface area (Å²) in [5.74, 6) is 0.538. The van der Waals surface area contributed by atoms with Crippen molar-refractivity contribution in [2.75, 3.05) is 11.9 Å². The molecule has 0 amide bonds. The average Bonchev–Trinajstić information content (AvgIpc) is 2.26. The second-order valence-corrected chi connectivity index (χ2v) is 4.17. The third-order valence-corrected chi connectivity index (χ3v) is 2.67. The van der Waals surface area contributed by atoms with Crippen LogP contribution in [0.3, 0.4) is 0 Å². The Morgan fingerprint density at radius 2 is 2.31 bits per heavy atom. The summed E-state index contributed by atoms with van der Waals surface area (Å²) < 4.78 is 0. The molecule has 0 aliphatic rings. The maximum Gasteiger partial charge on any atom is 0.144 e. The molecule has 0 fully saturated rings. The van der Waals surface area contributed by atoms with E-state index in [0.29, 0.717) is 24.3 Å². The van der Waals surface area contributed by atoms with Gasteiger partial charge in [0.2, 0.25) is 0 Å². The maximum atomic E-state index is 9.84. The molecule has 16 heavy (non-hydrogen) atoms. The van der Waals surface area contributed by atoms with Crippen molar-refractivity contribution in [1.82, 2.24) is 4.98 Å². The highest BCUT2D eigenvalue weighted by molar-refractivity contribution is 5.55. The molecule has 0 spiro atoms. The number of nitrogens with zero attached hydrogens (tertiary/aromatic N) is 2. The lowest BCUT2D eigenvalue weighted by Gasteiger charge is -2.22. The molecule has 86 valence electrons. The Morgan fingerprint density at radius 1 is 1.62 bits per heavy atom. The first kappa shape index (κ1) is 12.5. The highest BCUT2D eigenvalue weighted by Gasteiger charge is 2.18. The summed E-state index contributed by atoms with van der Waals surface area (Å²) in [5, 5.41) is 21.9. The van der Waals surface area contributed by atoms with Crippen LogP contribution >= 0.6 is 0 Å². The van der Waals surface area contributed by atoms with Gasteiger partial charge in [-0.15, -0.1) is 0 Å². The molecule has 1 unspecified atom stereocenters. The van der Waals surface area contributed by atoms with Gasteiger partial charge in [-0.1, -0.05) is 6.92 Å². The van der Waals surface area contributed by atoms with Crippen molar-refractivity contribution in [1.29, 1.82) is 5.26 Å². The molecule has 0 saturated carbocycles. The van der Waals surface area contributed by atoms with Gasteiger partial charge in [0.1, 0.15) is 11.9 Å². The van der Waals surface area contributed by atoms with E-state index in [2.05, 4.69) is 16.4 Å². The van der Waals surface area contributed by atoms with Crippen molar-refractivity contribution in [2.24, 2.45) is 0 Å². The Kier molecular flexibility index (Phi) is 3.86. The van der Waals surface area contributed by atoms with Crippen molar-refractivity contribution < 1.29 is 5.11 Å². The van der Waals surface area contributed by atoms with Gasteiger partial charge in [-0.3, -0.25) is 0 Å². The number of aryl methyl sites for hydroxylation is 1. The van der Waals surface area contributed by atoms with Gasteiger partial charge >= 0.3 is 0 Å². The molecule has 0 aliphatic heterocycles. The smallest absolute Gasteiger partial charge is 0.144 e. The summed E-state index contributed by atoms with van der Waals surface area (Å²) in [4.78, 5) is 4.10. The summed E-state index contributed by atoms with van der Waals surface area (Å²) in [5.41, 5.74) is 0.642. The van der Waals surface area contributed by atoms with E-state index in [1.165, 1.54) is 0 Å². The fourth-order valence-corrected chi connectivity index (χ4v) is 1.23. The summed E-state index contributed by atoms with van der Waals surface area (Å²) >= 11 is 0. The van der Waals surface area contributed by atoms with Crippen LogP contribution in [0, 0.1) is 18.3 Å². The number of rotatable bonds is 4. The lowest BCUT2D eigenvalue weighted by atomic mass is 10.0. The van der Waals surface area contributed by atoms with Crippen LogP contribution in [-0.2, 0) is 0 Å². The third-order valence-electron chi connectivity index (χ3n) is 2.67. The second-order valence-electron chi connectivity index (χ2n) is 4.17. The minimum atomic E-state index is -0.780. The van der Waals surface area contributed by atoms with Gasteiger partial charge in [0.05, 0.1) is 11.2 Å². The SMILES string of the molecule is CCC(C)(O)CNc1nccc(C)c1C#N. The molecular weight excluding hydrogens is 202 g/mol. The van der Waals surface area contributed by atoms with Gasteiger partial charge in [0.25, 0.3) is 0 Å². The Morgan fingerprint density at radius 3 is 2.88 bits per heavy atom. The van der Waals surface area contributed by atoms with E-state index in [0.717, 1.165) is 5.56 Å². The Bertz CT molecular complexity index is 407. The Balaban J connectivity index is 2.83. The van der Waals surface area contributed by atoms with Gasteiger partial charge in [-0.2, -0.15) is 5.26 Å².